The van der Waals surface area contributed by atoms with Gasteiger partial charge in [0.15, 0.2) is 0 Å². The molecular weight excluding hydrogens is 282 g/mol. The molecule has 0 bridgehead atoms. The first-order valence-electron chi connectivity index (χ1n) is 5.94. The molecule has 0 aromatic heterocycles. The Morgan fingerprint density at radius 3 is 3.12 bits per heavy atom. The van der Waals surface area contributed by atoms with Crippen molar-refractivity contribution in [2.45, 2.75) is 25.5 Å². The van der Waals surface area contributed by atoms with Crippen LogP contribution in [0.15, 0.2) is 22.7 Å². The van der Waals surface area contributed by atoms with Gasteiger partial charge >= 0.3 is 0 Å². The monoisotopic (exact) mass is 299 g/mol. The quantitative estimate of drug-likeness (QED) is 0.907. The standard InChI is InChI=1S/C13H18BrNO2/c1-16-13-5-4-11(14)7-10(13)8-15-9-12-3-2-6-17-12/h4-5,7,12,15H,2-3,6,8-9H2,1H3/t12-/m1/s1. The van der Waals surface area contributed by atoms with Crippen LogP contribution in [0.3, 0.4) is 0 Å². The lowest BCUT2D eigenvalue weighted by molar-refractivity contribution is 0.110. The number of rotatable bonds is 5. The van der Waals surface area contributed by atoms with E-state index in [9.17, 15) is 0 Å². The molecule has 0 saturated carbocycles. The molecule has 4 heteroatoms. The molecule has 0 radical (unpaired) electrons. The Hall–Kier alpha value is -0.580. The summed E-state index contributed by atoms with van der Waals surface area (Å²) in [6.45, 7) is 2.63. The van der Waals surface area contributed by atoms with Crippen LogP contribution in [0.1, 0.15) is 18.4 Å². The van der Waals surface area contributed by atoms with Crippen molar-refractivity contribution in [2.24, 2.45) is 0 Å². The van der Waals surface area contributed by atoms with Crippen LogP contribution in [0.25, 0.3) is 0 Å². The van der Waals surface area contributed by atoms with Gasteiger partial charge in [-0.3, -0.25) is 0 Å². The molecule has 1 saturated heterocycles. The van der Waals surface area contributed by atoms with Gasteiger partial charge in [-0.1, -0.05) is 15.9 Å². The van der Waals surface area contributed by atoms with Crippen molar-refractivity contribution in [2.75, 3.05) is 20.3 Å². The molecule has 0 spiro atoms. The molecule has 1 atom stereocenters. The minimum Gasteiger partial charge on any atom is -0.496 e. The molecule has 0 aliphatic carbocycles. The predicted molar refractivity (Wildman–Crippen MR) is 71.4 cm³/mol. The number of hydrogen-bond acceptors (Lipinski definition) is 3. The Morgan fingerprint density at radius 2 is 2.41 bits per heavy atom. The zero-order valence-corrected chi connectivity index (χ0v) is 11.6. The van der Waals surface area contributed by atoms with E-state index in [4.69, 9.17) is 9.47 Å². The summed E-state index contributed by atoms with van der Waals surface area (Å²) in [6.07, 6.45) is 2.74. The number of methoxy groups -OCH3 is 1. The number of nitrogens with one attached hydrogen (secondary N) is 1. The number of hydrogen-bond donors (Lipinski definition) is 1. The third-order valence-electron chi connectivity index (χ3n) is 2.95. The fraction of sp³-hybridized carbons (Fsp3) is 0.538. The van der Waals surface area contributed by atoms with E-state index in [0.29, 0.717) is 6.10 Å². The first-order chi connectivity index (χ1) is 8.29. The molecule has 94 valence electrons. The highest BCUT2D eigenvalue weighted by molar-refractivity contribution is 9.10. The van der Waals surface area contributed by atoms with Crippen LogP contribution >= 0.6 is 15.9 Å². The zero-order valence-electron chi connectivity index (χ0n) is 10.0. The molecule has 1 fully saturated rings. The minimum absolute atomic E-state index is 0.383. The largest absolute Gasteiger partial charge is 0.496 e. The highest BCUT2D eigenvalue weighted by atomic mass is 79.9. The van der Waals surface area contributed by atoms with Crippen molar-refractivity contribution >= 4 is 15.9 Å². The van der Waals surface area contributed by atoms with Gasteiger partial charge in [0.1, 0.15) is 5.75 Å². The van der Waals surface area contributed by atoms with Gasteiger partial charge in [0.05, 0.1) is 13.2 Å². The molecular formula is C13H18BrNO2. The average molecular weight is 300 g/mol. The maximum Gasteiger partial charge on any atom is 0.123 e. The first kappa shape index (κ1) is 12.9. The van der Waals surface area contributed by atoms with Gasteiger partial charge in [0, 0.05) is 29.7 Å². The van der Waals surface area contributed by atoms with Crippen LogP contribution in [0.2, 0.25) is 0 Å². The molecule has 17 heavy (non-hydrogen) atoms. The third kappa shape index (κ3) is 3.69. The first-order valence-corrected chi connectivity index (χ1v) is 6.73. The summed E-state index contributed by atoms with van der Waals surface area (Å²) in [7, 11) is 1.70. The minimum atomic E-state index is 0.383. The lowest BCUT2D eigenvalue weighted by Crippen LogP contribution is -2.25. The Morgan fingerprint density at radius 1 is 1.53 bits per heavy atom. The van der Waals surface area contributed by atoms with Crippen molar-refractivity contribution in [1.29, 1.82) is 0 Å². The summed E-state index contributed by atoms with van der Waals surface area (Å²) in [5, 5.41) is 3.42. The van der Waals surface area contributed by atoms with E-state index >= 15 is 0 Å². The predicted octanol–water partition coefficient (Wildman–Crippen LogP) is 2.73. The molecule has 1 aliphatic heterocycles. The number of halogens is 1. The van der Waals surface area contributed by atoms with E-state index in [1.165, 1.54) is 18.4 Å². The normalized spacial score (nSPS) is 19.5. The van der Waals surface area contributed by atoms with Crippen molar-refractivity contribution in [3.8, 4) is 5.75 Å². The van der Waals surface area contributed by atoms with E-state index in [1.54, 1.807) is 7.11 Å². The van der Waals surface area contributed by atoms with Crippen molar-refractivity contribution in [3.05, 3.63) is 28.2 Å². The van der Waals surface area contributed by atoms with Gasteiger partial charge < -0.3 is 14.8 Å². The van der Waals surface area contributed by atoms with Gasteiger partial charge in [-0.15, -0.1) is 0 Å². The van der Waals surface area contributed by atoms with Gasteiger partial charge in [0.25, 0.3) is 0 Å². The average Bonchev–Trinajstić information content (AvgIpc) is 2.82. The Bertz CT molecular complexity index is 364. The van der Waals surface area contributed by atoms with E-state index in [-0.39, 0.29) is 0 Å². The fourth-order valence-corrected chi connectivity index (χ4v) is 2.47. The van der Waals surface area contributed by atoms with Crippen LogP contribution in [-0.4, -0.2) is 26.4 Å². The molecule has 1 aromatic carbocycles. The molecule has 1 N–H and O–H groups in total. The summed E-state index contributed by atoms with van der Waals surface area (Å²) in [5.74, 6) is 0.924. The van der Waals surface area contributed by atoms with Crippen LogP contribution < -0.4 is 10.1 Å². The Balaban J connectivity index is 1.86. The highest BCUT2D eigenvalue weighted by Crippen LogP contribution is 2.22. The maximum atomic E-state index is 5.57. The molecule has 3 nitrogen and oxygen atoms in total. The fourth-order valence-electron chi connectivity index (χ4n) is 2.06. The van der Waals surface area contributed by atoms with Crippen molar-refractivity contribution < 1.29 is 9.47 Å². The van der Waals surface area contributed by atoms with Crippen LogP contribution in [0, 0.1) is 0 Å². The van der Waals surface area contributed by atoms with Gasteiger partial charge in [-0.2, -0.15) is 0 Å². The molecule has 1 aliphatic rings. The Labute approximate surface area is 111 Å². The van der Waals surface area contributed by atoms with E-state index in [0.717, 1.165) is 29.9 Å². The summed E-state index contributed by atoms with van der Waals surface area (Å²) in [6, 6.07) is 6.05. The molecule has 2 rings (SSSR count). The Kier molecular flexibility index (Phi) is 4.83. The van der Waals surface area contributed by atoms with E-state index in [2.05, 4.69) is 27.3 Å². The molecule has 0 amide bonds. The van der Waals surface area contributed by atoms with Gasteiger partial charge in [-0.05, 0) is 31.0 Å². The van der Waals surface area contributed by atoms with E-state index in [1.807, 2.05) is 12.1 Å². The topological polar surface area (TPSA) is 30.5 Å². The molecule has 0 unspecified atom stereocenters. The second kappa shape index (κ2) is 6.38. The van der Waals surface area contributed by atoms with Gasteiger partial charge in [0.2, 0.25) is 0 Å². The van der Waals surface area contributed by atoms with Crippen LogP contribution in [-0.2, 0) is 11.3 Å². The lowest BCUT2D eigenvalue weighted by Gasteiger charge is -2.13. The molecule has 1 aromatic rings. The highest BCUT2D eigenvalue weighted by Gasteiger charge is 2.14. The second-order valence-corrected chi connectivity index (χ2v) is 5.14. The molecule has 1 heterocycles. The summed E-state index contributed by atoms with van der Waals surface area (Å²) < 4.78 is 12.0. The van der Waals surface area contributed by atoms with Crippen molar-refractivity contribution in [1.82, 2.24) is 5.32 Å². The van der Waals surface area contributed by atoms with Gasteiger partial charge in [-0.25, -0.2) is 0 Å². The SMILES string of the molecule is COc1ccc(Br)cc1CNC[C@H]1CCCO1. The number of ether oxygens (including phenoxy) is 2. The second-order valence-electron chi connectivity index (χ2n) is 4.22. The lowest BCUT2D eigenvalue weighted by atomic mass is 10.2. The van der Waals surface area contributed by atoms with Crippen LogP contribution in [0.4, 0.5) is 0 Å². The zero-order chi connectivity index (χ0) is 12.1. The number of benzene rings is 1. The summed E-state index contributed by atoms with van der Waals surface area (Å²) in [5.41, 5.74) is 1.17. The van der Waals surface area contributed by atoms with E-state index < -0.39 is 0 Å². The maximum absolute atomic E-state index is 5.57. The third-order valence-corrected chi connectivity index (χ3v) is 3.45. The summed E-state index contributed by atoms with van der Waals surface area (Å²) in [4.78, 5) is 0. The van der Waals surface area contributed by atoms with Crippen LogP contribution in [0.5, 0.6) is 5.75 Å². The smallest absolute Gasteiger partial charge is 0.123 e. The summed E-state index contributed by atoms with van der Waals surface area (Å²) >= 11 is 3.48. The van der Waals surface area contributed by atoms with Crippen molar-refractivity contribution in [3.63, 3.8) is 0 Å².